The van der Waals surface area contributed by atoms with Crippen molar-refractivity contribution in [1.29, 1.82) is 0 Å². The van der Waals surface area contributed by atoms with Crippen LogP contribution in [0.3, 0.4) is 0 Å². The van der Waals surface area contributed by atoms with E-state index in [1.54, 1.807) is 13.0 Å². The molecule has 0 aliphatic carbocycles. The second-order valence-corrected chi connectivity index (χ2v) is 4.55. The molecular formula is C11H8F3N3S. The van der Waals surface area contributed by atoms with Gasteiger partial charge in [0.2, 0.25) is 5.16 Å². The molecule has 0 bridgehead atoms. The SMILES string of the molecule is Cc1cnnc(Sc2cccc(C(F)(F)F)c2)n1. The summed E-state index contributed by atoms with van der Waals surface area (Å²) < 4.78 is 37.6. The summed E-state index contributed by atoms with van der Waals surface area (Å²) in [5.74, 6) is 0. The van der Waals surface area contributed by atoms with Gasteiger partial charge in [0, 0.05) is 4.90 Å². The summed E-state index contributed by atoms with van der Waals surface area (Å²) in [4.78, 5) is 4.50. The highest BCUT2D eigenvalue weighted by Gasteiger charge is 2.30. The van der Waals surface area contributed by atoms with Gasteiger partial charge in [0.15, 0.2) is 0 Å². The lowest BCUT2D eigenvalue weighted by molar-refractivity contribution is -0.137. The van der Waals surface area contributed by atoms with E-state index in [0.717, 1.165) is 23.9 Å². The Morgan fingerprint density at radius 3 is 2.67 bits per heavy atom. The summed E-state index contributed by atoms with van der Waals surface area (Å²) in [7, 11) is 0. The Morgan fingerprint density at radius 1 is 1.22 bits per heavy atom. The van der Waals surface area contributed by atoms with Crippen LogP contribution in [0.2, 0.25) is 0 Å². The summed E-state index contributed by atoms with van der Waals surface area (Å²) in [6.45, 7) is 1.74. The monoisotopic (exact) mass is 271 g/mol. The average molecular weight is 271 g/mol. The minimum absolute atomic E-state index is 0.328. The molecule has 0 atom stereocenters. The number of hydrogen-bond acceptors (Lipinski definition) is 4. The molecule has 0 saturated heterocycles. The van der Waals surface area contributed by atoms with Gasteiger partial charge in [0.05, 0.1) is 17.5 Å². The predicted molar refractivity (Wildman–Crippen MR) is 60.1 cm³/mol. The Hall–Kier alpha value is -1.63. The van der Waals surface area contributed by atoms with Crippen molar-refractivity contribution in [3.63, 3.8) is 0 Å². The molecule has 18 heavy (non-hydrogen) atoms. The van der Waals surface area contributed by atoms with Crippen LogP contribution in [-0.2, 0) is 6.18 Å². The largest absolute Gasteiger partial charge is 0.416 e. The van der Waals surface area contributed by atoms with Gasteiger partial charge in [-0.25, -0.2) is 4.98 Å². The van der Waals surface area contributed by atoms with E-state index in [0.29, 0.717) is 15.7 Å². The van der Waals surface area contributed by atoms with Crippen LogP contribution in [0.5, 0.6) is 0 Å². The zero-order valence-corrected chi connectivity index (χ0v) is 10.1. The molecule has 0 unspecified atom stereocenters. The lowest BCUT2D eigenvalue weighted by Crippen LogP contribution is -2.04. The van der Waals surface area contributed by atoms with Gasteiger partial charge in [-0.3, -0.25) is 0 Å². The number of nitrogens with zero attached hydrogens (tertiary/aromatic N) is 3. The Labute approximate surface area is 105 Å². The maximum absolute atomic E-state index is 12.5. The molecule has 0 aliphatic heterocycles. The van der Waals surface area contributed by atoms with E-state index in [1.807, 2.05) is 0 Å². The number of hydrogen-bond donors (Lipinski definition) is 0. The van der Waals surface area contributed by atoms with Gasteiger partial charge in [0.1, 0.15) is 0 Å². The van der Waals surface area contributed by atoms with Gasteiger partial charge in [-0.15, -0.1) is 5.10 Å². The van der Waals surface area contributed by atoms with Gasteiger partial charge in [-0.05, 0) is 36.9 Å². The highest BCUT2D eigenvalue weighted by molar-refractivity contribution is 7.99. The summed E-state index contributed by atoms with van der Waals surface area (Å²) in [5, 5.41) is 7.77. The molecule has 1 aromatic heterocycles. The van der Waals surface area contributed by atoms with Crippen molar-refractivity contribution in [2.75, 3.05) is 0 Å². The number of halogens is 3. The summed E-state index contributed by atoms with van der Waals surface area (Å²) in [6.07, 6.45) is -2.86. The Kier molecular flexibility index (Phi) is 3.51. The smallest absolute Gasteiger partial charge is 0.225 e. The third kappa shape index (κ3) is 3.19. The topological polar surface area (TPSA) is 38.7 Å². The zero-order valence-electron chi connectivity index (χ0n) is 9.27. The minimum atomic E-state index is -4.34. The molecule has 0 saturated carbocycles. The molecule has 0 spiro atoms. The van der Waals surface area contributed by atoms with Gasteiger partial charge in [0.25, 0.3) is 0 Å². The summed E-state index contributed by atoms with van der Waals surface area (Å²) in [5.41, 5.74) is -0.0208. The van der Waals surface area contributed by atoms with Crippen molar-refractivity contribution in [2.24, 2.45) is 0 Å². The fraction of sp³-hybridized carbons (Fsp3) is 0.182. The molecule has 2 rings (SSSR count). The highest BCUT2D eigenvalue weighted by Crippen LogP contribution is 2.33. The highest BCUT2D eigenvalue weighted by atomic mass is 32.2. The van der Waals surface area contributed by atoms with Crippen LogP contribution in [0.4, 0.5) is 13.2 Å². The van der Waals surface area contributed by atoms with Gasteiger partial charge in [-0.1, -0.05) is 6.07 Å². The number of rotatable bonds is 2. The van der Waals surface area contributed by atoms with Crippen LogP contribution in [0.25, 0.3) is 0 Å². The van der Waals surface area contributed by atoms with Crippen LogP contribution in [-0.4, -0.2) is 15.2 Å². The first-order valence-electron chi connectivity index (χ1n) is 4.96. The molecule has 0 amide bonds. The van der Waals surface area contributed by atoms with Crippen LogP contribution in [0.15, 0.2) is 40.5 Å². The molecule has 0 aliphatic rings. The van der Waals surface area contributed by atoms with E-state index in [4.69, 9.17) is 0 Å². The molecule has 1 heterocycles. The molecule has 0 N–H and O–H groups in total. The number of aromatic nitrogens is 3. The van der Waals surface area contributed by atoms with Crippen molar-refractivity contribution in [1.82, 2.24) is 15.2 Å². The molecule has 7 heteroatoms. The van der Waals surface area contributed by atoms with E-state index in [-0.39, 0.29) is 0 Å². The Morgan fingerprint density at radius 2 is 2.00 bits per heavy atom. The standard InChI is InChI=1S/C11H8F3N3S/c1-7-6-15-17-10(16-7)18-9-4-2-3-8(5-9)11(12,13)14/h2-6H,1H3. The van der Waals surface area contributed by atoms with Crippen molar-refractivity contribution in [3.8, 4) is 0 Å². The Bertz CT molecular complexity index is 557. The third-order valence-electron chi connectivity index (χ3n) is 2.03. The molecule has 2 aromatic rings. The van der Waals surface area contributed by atoms with E-state index in [1.165, 1.54) is 12.3 Å². The van der Waals surface area contributed by atoms with Crippen molar-refractivity contribution in [3.05, 3.63) is 41.7 Å². The molecule has 1 aromatic carbocycles. The fourth-order valence-electron chi connectivity index (χ4n) is 1.25. The number of aryl methyl sites for hydroxylation is 1. The van der Waals surface area contributed by atoms with Crippen molar-refractivity contribution >= 4 is 11.8 Å². The summed E-state index contributed by atoms with van der Waals surface area (Å²) in [6, 6.07) is 5.02. The molecular weight excluding hydrogens is 263 g/mol. The first kappa shape index (κ1) is 12.8. The van der Waals surface area contributed by atoms with Crippen molar-refractivity contribution < 1.29 is 13.2 Å². The maximum Gasteiger partial charge on any atom is 0.416 e. The first-order chi connectivity index (χ1) is 8.45. The Balaban J connectivity index is 2.25. The molecule has 0 radical (unpaired) electrons. The van der Waals surface area contributed by atoms with E-state index < -0.39 is 11.7 Å². The fourth-order valence-corrected chi connectivity index (χ4v) is 2.07. The van der Waals surface area contributed by atoms with E-state index in [2.05, 4.69) is 15.2 Å². The van der Waals surface area contributed by atoms with E-state index in [9.17, 15) is 13.2 Å². The molecule has 3 nitrogen and oxygen atoms in total. The zero-order chi connectivity index (χ0) is 13.2. The predicted octanol–water partition coefficient (Wildman–Crippen LogP) is 3.35. The molecule has 0 fully saturated rings. The van der Waals surface area contributed by atoms with Crippen molar-refractivity contribution in [2.45, 2.75) is 23.2 Å². The number of benzene rings is 1. The lowest BCUT2D eigenvalue weighted by atomic mass is 10.2. The van der Waals surface area contributed by atoms with Gasteiger partial charge in [-0.2, -0.15) is 18.3 Å². The van der Waals surface area contributed by atoms with Crippen LogP contribution < -0.4 is 0 Å². The van der Waals surface area contributed by atoms with Crippen LogP contribution in [0, 0.1) is 6.92 Å². The van der Waals surface area contributed by atoms with Crippen LogP contribution >= 0.6 is 11.8 Å². The third-order valence-corrected chi connectivity index (χ3v) is 2.88. The second-order valence-electron chi connectivity index (χ2n) is 3.51. The quantitative estimate of drug-likeness (QED) is 0.839. The van der Waals surface area contributed by atoms with E-state index >= 15 is 0 Å². The van der Waals surface area contributed by atoms with Gasteiger partial charge < -0.3 is 0 Å². The normalized spacial score (nSPS) is 11.6. The summed E-state index contributed by atoms with van der Waals surface area (Å²) >= 11 is 1.05. The maximum atomic E-state index is 12.5. The lowest BCUT2D eigenvalue weighted by Gasteiger charge is -2.07. The minimum Gasteiger partial charge on any atom is -0.225 e. The first-order valence-corrected chi connectivity index (χ1v) is 5.78. The van der Waals surface area contributed by atoms with Crippen LogP contribution in [0.1, 0.15) is 11.3 Å². The number of alkyl halides is 3. The average Bonchev–Trinajstić information content (AvgIpc) is 2.28. The second kappa shape index (κ2) is 4.93. The molecule has 94 valence electrons. The van der Waals surface area contributed by atoms with Gasteiger partial charge >= 0.3 is 6.18 Å².